The minimum absolute atomic E-state index is 0.166. The van der Waals surface area contributed by atoms with E-state index in [1.807, 2.05) is 0 Å². The molecule has 0 amide bonds. The smallest absolute Gasteiger partial charge is 0.304 e. The molecule has 1 N–H and O–H groups in total. The van der Waals surface area contributed by atoms with Crippen molar-refractivity contribution in [3.05, 3.63) is 34.6 Å². The Kier molecular flexibility index (Phi) is 4.01. The van der Waals surface area contributed by atoms with E-state index in [-0.39, 0.29) is 17.0 Å². The van der Waals surface area contributed by atoms with E-state index in [2.05, 4.69) is 0 Å². The average molecular weight is 245 g/mol. The van der Waals surface area contributed by atoms with Crippen LogP contribution < -0.4 is 0 Å². The van der Waals surface area contributed by atoms with E-state index in [9.17, 15) is 14.0 Å². The van der Waals surface area contributed by atoms with E-state index in [1.165, 1.54) is 19.1 Å². The van der Waals surface area contributed by atoms with Crippen LogP contribution >= 0.6 is 11.6 Å². The summed E-state index contributed by atoms with van der Waals surface area (Å²) < 4.78 is 13.3. The number of carbonyl (C=O) groups is 2. The first kappa shape index (κ1) is 12.6. The number of rotatable bonds is 4. The molecular formula is C11H10ClFO3. The van der Waals surface area contributed by atoms with Crippen molar-refractivity contribution < 1.29 is 19.1 Å². The topological polar surface area (TPSA) is 54.4 Å². The van der Waals surface area contributed by atoms with Crippen LogP contribution in [-0.2, 0) is 4.79 Å². The van der Waals surface area contributed by atoms with Gasteiger partial charge in [0.25, 0.3) is 0 Å². The Balaban J connectivity index is 2.95. The molecule has 0 aliphatic heterocycles. The Hall–Kier alpha value is -1.42. The molecule has 0 radical (unpaired) electrons. The second-order valence-electron chi connectivity index (χ2n) is 3.49. The number of Topliss-reactive ketones (excluding diaryl/α,β-unsaturated/α-hetero) is 1. The summed E-state index contributed by atoms with van der Waals surface area (Å²) in [6.07, 6.45) is -0.329. The van der Waals surface area contributed by atoms with Gasteiger partial charge >= 0.3 is 5.97 Å². The van der Waals surface area contributed by atoms with E-state index in [4.69, 9.17) is 16.7 Å². The molecule has 1 aromatic carbocycles. The lowest BCUT2D eigenvalue weighted by Gasteiger charge is -2.08. The quantitative estimate of drug-likeness (QED) is 0.829. The van der Waals surface area contributed by atoms with Crippen molar-refractivity contribution in [2.45, 2.75) is 13.3 Å². The standard InChI is InChI=1S/C11H10ClFO3/c1-6(4-10(14)15)11(16)8-5-7(12)2-3-9(8)13/h2-3,5-6H,4H2,1H3,(H,14,15). The number of ketones is 1. The SMILES string of the molecule is CC(CC(=O)O)C(=O)c1cc(Cl)ccc1F. The van der Waals surface area contributed by atoms with Crippen LogP contribution in [0.15, 0.2) is 18.2 Å². The molecule has 16 heavy (non-hydrogen) atoms. The third-order valence-electron chi connectivity index (χ3n) is 2.12. The van der Waals surface area contributed by atoms with Crippen molar-refractivity contribution in [2.75, 3.05) is 0 Å². The molecule has 0 aliphatic carbocycles. The molecule has 0 spiro atoms. The fraction of sp³-hybridized carbons (Fsp3) is 0.273. The minimum atomic E-state index is -1.09. The second-order valence-corrected chi connectivity index (χ2v) is 3.92. The zero-order valence-corrected chi connectivity index (χ0v) is 9.29. The number of carbonyl (C=O) groups excluding carboxylic acids is 1. The van der Waals surface area contributed by atoms with Gasteiger partial charge in [0, 0.05) is 10.9 Å². The Morgan fingerprint density at radius 1 is 1.50 bits per heavy atom. The van der Waals surface area contributed by atoms with Crippen molar-refractivity contribution in [1.29, 1.82) is 0 Å². The summed E-state index contributed by atoms with van der Waals surface area (Å²) in [5, 5.41) is 8.77. The summed E-state index contributed by atoms with van der Waals surface area (Å²) in [6.45, 7) is 1.44. The largest absolute Gasteiger partial charge is 0.481 e. The molecule has 0 heterocycles. The van der Waals surface area contributed by atoms with E-state index in [0.717, 1.165) is 6.07 Å². The van der Waals surface area contributed by atoms with Gasteiger partial charge in [-0.05, 0) is 18.2 Å². The molecule has 0 saturated heterocycles. The molecule has 0 saturated carbocycles. The molecule has 0 bridgehead atoms. The van der Waals surface area contributed by atoms with Crippen molar-refractivity contribution >= 4 is 23.4 Å². The Morgan fingerprint density at radius 2 is 2.12 bits per heavy atom. The number of carboxylic acids is 1. The highest BCUT2D eigenvalue weighted by Gasteiger charge is 2.21. The van der Waals surface area contributed by atoms with Crippen LogP contribution in [0.1, 0.15) is 23.7 Å². The van der Waals surface area contributed by atoms with Crippen molar-refractivity contribution in [2.24, 2.45) is 5.92 Å². The van der Waals surface area contributed by atoms with Gasteiger partial charge in [0.2, 0.25) is 0 Å². The normalized spacial score (nSPS) is 12.2. The zero-order chi connectivity index (χ0) is 12.3. The first-order chi connectivity index (χ1) is 7.41. The summed E-state index contributed by atoms with van der Waals surface area (Å²) in [7, 11) is 0. The van der Waals surface area contributed by atoms with Gasteiger partial charge in [0.15, 0.2) is 5.78 Å². The van der Waals surface area contributed by atoms with Gasteiger partial charge in [-0.15, -0.1) is 0 Å². The van der Waals surface area contributed by atoms with Gasteiger partial charge in [-0.1, -0.05) is 18.5 Å². The van der Waals surface area contributed by atoms with Gasteiger partial charge in [0.05, 0.1) is 12.0 Å². The average Bonchev–Trinajstić information content (AvgIpc) is 2.19. The second kappa shape index (κ2) is 5.07. The first-order valence-electron chi connectivity index (χ1n) is 4.63. The Labute approximate surface area is 96.8 Å². The van der Waals surface area contributed by atoms with Crippen LogP contribution in [0.2, 0.25) is 5.02 Å². The van der Waals surface area contributed by atoms with E-state index in [1.54, 1.807) is 0 Å². The maximum atomic E-state index is 13.3. The molecule has 1 aromatic rings. The van der Waals surface area contributed by atoms with E-state index >= 15 is 0 Å². The summed E-state index contributed by atoms with van der Waals surface area (Å²) in [5.41, 5.74) is -0.166. The van der Waals surface area contributed by atoms with Crippen LogP contribution in [-0.4, -0.2) is 16.9 Å². The molecule has 86 valence electrons. The molecule has 0 aromatic heterocycles. The van der Waals surface area contributed by atoms with E-state index in [0.29, 0.717) is 0 Å². The Morgan fingerprint density at radius 3 is 2.69 bits per heavy atom. The molecule has 1 atom stereocenters. The van der Waals surface area contributed by atoms with Crippen molar-refractivity contribution in [3.8, 4) is 0 Å². The number of carboxylic acid groups (broad SMARTS) is 1. The third kappa shape index (κ3) is 3.03. The number of hydrogen-bond donors (Lipinski definition) is 1. The van der Waals surface area contributed by atoms with E-state index < -0.39 is 23.5 Å². The summed E-state index contributed by atoms with van der Waals surface area (Å²) in [5.74, 6) is -3.11. The highest BCUT2D eigenvalue weighted by Crippen LogP contribution is 2.19. The minimum Gasteiger partial charge on any atom is -0.481 e. The highest BCUT2D eigenvalue weighted by molar-refractivity contribution is 6.31. The number of hydrogen-bond acceptors (Lipinski definition) is 2. The van der Waals surface area contributed by atoms with Crippen molar-refractivity contribution in [1.82, 2.24) is 0 Å². The van der Waals surface area contributed by atoms with Gasteiger partial charge < -0.3 is 5.11 Å². The van der Waals surface area contributed by atoms with Crippen molar-refractivity contribution in [3.63, 3.8) is 0 Å². The highest BCUT2D eigenvalue weighted by atomic mass is 35.5. The van der Waals surface area contributed by atoms with Gasteiger partial charge in [-0.2, -0.15) is 0 Å². The fourth-order valence-electron chi connectivity index (χ4n) is 1.31. The van der Waals surface area contributed by atoms with Gasteiger partial charge in [-0.3, -0.25) is 9.59 Å². The fourth-order valence-corrected chi connectivity index (χ4v) is 1.48. The summed E-state index contributed by atoms with van der Waals surface area (Å²) >= 11 is 5.64. The summed E-state index contributed by atoms with van der Waals surface area (Å²) in [4.78, 5) is 22.1. The van der Waals surface area contributed by atoms with Gasteiger partial charge in [0.1, 0.15) is 5.82 Å². The number of benzene rings is 1. The van der Waals surface area contributed by atoms with Crippen LogP contribution in [0, 0.1) is 11.7 Å². The molecule has 3 nitrogen and oxygen atoms in total. The number of aliphatic carboxylic acids is 1. The molecule has 5 heteroatoms. The summed E-state index contributed by atoms with van der Waals surface area (Å²) in [6, 6.07) is 3.62. The third-order valence-corrected chi connectivity index (χ3v) is 2.36. The molecule has 1 unspecified atom stereocenters. The Bertz CT molecular complexity index is 431. The van der Waals surface area contributed by atoms with Crippen LogP contribution in [0.5, 0.6) is 0 Å². The maximum Gasteiger partial charge on any atom is 0.304 e. The zero-order valence-electron chi connectivity index (χ0n) is 8.54. The lowest BCUT2D eigenvalue weighted by Crippen LogP contribution is -2.16. The number of halogens is 2. The lowest BCUT2D eigenvalue weighted by atomic mass is 9.96. The lowest BCUT2D eigenvalue weighted by molar-refractivity contribution is -0.137. The van der Waals surface area contributed by atoms with Gasteiger partial charge in [-0.25, -0.2) is 4.39 Å². The predicted octanol–water partition coefficient (Wildman–Crippen LogP) is 2.77. The van der Waals surface area contributed by atoms with Crippen LogP contribution in [0.3, 0.4) is 0 Å². The molecule has 0 aliphatic rings. The molecular weight excluding hydrogens is 235 g/mol. The predicted molar refractivity (Wildman–Crippen MR) is 57.2 cm³/mol. The molecule has 0 fully saturated rings. The van der Waals surface area contributed by atoms with Crippen LogP contribution in [0.25, 0.3) is 0 Å². The van der Waals surface area contributed by atoms with Crippen LogP contribution in [0.4, 0.5) is 4.39 Å². The molecule has 1 rings (SSSR count). The monoisotopic (exact) mass is 244 g/mol. The maximum absolute atomic E-state index is 13.3. The first-order valence-corrected chi connectivity index (χ1v) is 5.00.